The van der Waals surface area contributed by atoms with Crippen molar-refractivity contribution in [1.82, 2.24) is 99.4 Å². The number of unbranched alkanes of at least 4 members (excludes halogenated alkanes) is 2. The second kappa shape index (κ2) is 54.5. The van der Waals surface area contributed by atoms with Gasteiger partial charge in [-0.25, -0.2) is 0 Å². The van der Waals surface area contributed by atoms with E-state index in [0.29, 0.717) is 11.1 Å². The monoisotopic (exact) mass is 1720 g/mol. The number of carbonyl (C=O) groups is 18. The molecule has 26 N–H and O–H groups in total. The smallest absolute Gasteiger partial charge is 0.317 e. The summed E-state index contributed by atoms with van der Waals surface area (Å²) in [5.74, 6) is -19.2. The number of benzene rings is 2. The van der Waals surface area contributed by atoms with E-state index in [1.807, 2.05) is 0 Å². The maximum atomic E-state index is 14.5. The zero-order valence-electron chi connectivity index (χ0n) is 67.0. The number of aliphatic carboxylic acids is 5. The highest BCUT2D eigenvalue weighted by Gasteiger charge is 2.37. The Balaban J connectivity index is 0.0000312. The number of hydrogen-bond acceptors (Lipinski definition) is 24. The summed E-state index contributed by atoms with van der Waals surface area (Å²) in [6, 6.07) is 2.82. The fourth-order valence-corrected chi connectivity index (χ4v) is 13.1. The molecule has 2 aromatic carbocycles. The number of carboxylic acid groups (broad SMARTS) is 5. The van der Waals surface area contributed by atoms with Crippen molar-refractivity contribution >= 4 is 119 Å². The SMILES string of the molecule is C.N=C(N)NCCC[C@@H]1NC(=O)C(CCCCNC(=O)CCC(NC(=O)CN2CCN(CC(=O)O)CCN(CC(=O)O)CCN(CC(=O)O)CC2)C(=O)NCCCC[C@@H]2NC(=O)[C@@H](Cc3ccccc3)NC(=O)[C@H](CC(=O)O)NC(=O)CNC(=O)[C@H](CCCNC(=N)N)NC2=O)NC(=O)[C@@H](Cc2ccccc2)NC(=O)[C@H](CC(=O)O)NC(=O)CNC1=O. The number of nitrogens with zero attached hydrogens (tertiary/aromatic N) is 4. The second-order valence-corrected chi connectivity index (χ2v) is 29.2. The summed E-state index contributed by atoms with van der Waals surface area (Å²) in [6.07, 6.45) is -3.25. The Morgan fingerprint density at radius 2 is 0.689 bits per heavy atom. The van der Waals surface area contributed by atoms with Gasteiger partial charge in [-0.1, -0.05) is 68.1 Å². The van der Waals surface area contributed by atoms with Crippen LogP contribution in [0.3, 0.4) is 0 Å². The molecule has 122 heavy (non-hydrogen) atoms. The molecule has 3 fully saturated rings. The van der Waals surface area contributed by atoms with E-state index in [9.17, 15) is 112 Å². The van der Waals surface area contributed by atoms with Gasteiger partial charge >= 0.3 is 29.8 Å². The van der Waals surface area contributed by atoms with Crippen LogP contribution in [-0.2, 0) is 99.1 Å². The van der Waals surface area contributed by atoms with Crippen molar-refractivity contribution in [3.8, 4) is 0 Å². The van der Waals surface area contributed by atoms with E-state index in [0.717, 1.165) is 0 Å². The minimum absolute atomic E-state index is 0. The lowest BCUT2D eigenvalue weighted by atomic mass is 10.0. The van der Waals surface area contributed by atoms with E-state index in [1.54, 1.807) is 70.5 Å². The van der Waals surface area contributed by atoms with Crippen LogP contribution in [0.25, 0.3) is 0 Å². The fourth-order valence-electron chi connectivity index (χ4n) is 13.1. The van der Waals surface area contributed by atoms with Crippen LogP contribution in [0.1, 0.15) is 108 Å². The minimum Gasteiger partial charge on any atom is -0.481 e. The van der Waals surface area contributed by atoms with E-state index < -0.39 is 226 Å². The number of hydrogen-bond donors (Lipinski definition) is 24. The third kappa shape index (κ3) is 40.8. The molecule has 2 aromatic rings. The van der Waals surface area contributed by atoms with Gasteiger partial charge in [0, 0.05) is 97.8 Å². The molecule has 0 saturated carbocycles. The first kappa shape index (κ1) is 102. The highest BCUT2D eigenvalue weighted by Crippen LogP contribution is 2.14. The van der Waals surface area contributed by atoms with Gasteiger partial charge in [-0.3, -0.25) is 117 Å². The molecule has 2 unspecified atom stereocenters. The van der Waals surface area contributed by atoms with Gasteiger partial charge < -0.3 is 117 Å². The van der Waals surface area contributed by atoms with Gasteiger partial charge in [0.25, 0.3) is 0 Å². The molecule has 0 bridgehead atoms. The van der Waals surface area contributed by atoms with E-state index in [2.05, 4.69) is 79.8 Å². The lowest BCUT2D eigenvalue weighted by molar-refractivity contribution is -0.141. The summed E-state index contributed by atoms with van der Waals surface area (Å²) >= 11 is 0. The number of nitrogens with two attached hydrogens (primary N) is 2. The van der Waals surface area contributed by atoms with Crippen molar-refractivity contribution in [2.45, 2.75) is 165 Å². The van der Waals surface area contributed by atoms with Gasteiger partial charge in [0.2, 0.25) is 76.8 Å². The molecule has 13 amide bonds. The quantitative estimate of drug-likeness (QED) is 0.0168. The molecular formula is C76H117N23O23. The van der Waals surface area contributed by atoms with Crippen LogP contribution in [0.2, 0.25) is 0 Å². The highest BCUT2D eigenvalue weighted by molar-refractivity contribution is 6.00. The van der Waals surface area contributed by atoms with Crippen molar-refractivity contribution in [3.05, 3.63) is 71.8 Å². The first-order valence-electron chi connectivity index (χ1n) is 39.6. The average molecular weight is 1720 g/mol. The van der Waals surface area contributed by atoms with Gasteiger partial charge in [0.05, 0.1) is 52.1 Å². The van der Waals surface area contributed by atoms with E-state index in [-0.39, 0.29) is 175 Å². The number of carbonyl (C=O) groups excluding carboxylic acids is 13. The van der Waals surface area contributed by atoms with E-state index >= 15 is 0 Å². The van der Waals surface area contributed by atoms with Crippen LogP contribution in [0.4, 0.5) is 0 Å². The van der Waals surface area contributed by atoms with Crippen LogP contribution in [0.5, 0.6) is 0 Å². The van der Waals surface area contributed by atoms with Crippen molar-refractivity contribution < 1.29 is 112 Å². The average Bonchev–Trinajstić information content (AvgIpc) is 1.39. The topological polar surface area (TPSA) is 702 Å². The van der Waals surface area contributed by atoms with Gasteiger partial charge in [-0.15, -0.1) is 0 Å². The molecule has 46 heteroatoms. The lowest BCUT2D eigenvalue weighted by Gasteiger charge is -2.33. The molecule has 0 radical (unpaired) electrons. The predicted octanol–water partition coefficient (Wildman–Crippen LogP) is -7.96. The van der Waals surface area contributed by atoms with Crippen LogP contribution >= 0.6 is 0 Å². The maximum absolute atomic E-state index is 14.5. The van der Waals surface area contributed by atoms with E-state index in [1.165, 1.54) is 9.80 Å². The Morgan fingerprint density at radius 3 is 1.04 bits per heavy atom. The molecule has 9 atom stereocenters. The molecule has 3 aliphatic heterocycles. The van der Waals surface area contributed by atoms with Crippen LogP contribution in [0.15, 0.2) is 60.7 Å². The van der Waals surface area contributed by atoms with Gasteiger partial charge in [0.1, 0.15) is 54.4 Å². The van der Waals surface area contributed by atoms with Crippen molar-refractivity contribution in [3.63, 3.8) is 0 Å². The molecule has 0 spiro atoms. The molecule has 3 heterocycles. The minimum atomic E-state index is -1.76. The zero-order chi connectivity index (χ0) is 88.9. The normalized spacial score (nSPS) is 21.1. The number of carboxylic acids is 5. The number of amides is 13. The predicted molar refractivity (Wildman–Crippen MR) is 435 cm³/mol. The zero-order valence-corrected chi connectivity index (χ0v) is 67.0. The summed E-state index contributed by atoms with van der Waals surface area (Å²) in [4.78, 5) is 248. The molecule has 46 nitrogen and oxygen atoms in total. The number of rotatable bonds is 39. The Kier molecular flexibility index (Phi) is 45.4. The van der Waals surface area contributed by atoms with Crippen molar-refractivity contribution in [2.75, 3.05) is 118 Å². The lowest BCUT2D eigenvalue weighted by Crippen LogP contribution is -2.58. The summed E-state index contributed by atoms with van der Waals surface area (Å²) < 4.78 is 0. The Hall–Kier alpha value is -12.7. The Morgan fingerprint density at radius 1 is 0.377 bits per heavy atom. The first-order valence-corrected chi connectivity index (χ1v) is 39.6. The molecule has 0 aromatic heterocycles. The third-order valence-corrected chi connectivity index (χ3v) is 19.4. The highest BCUT2D eigenvalue weighted by atomic mass is 16.4. The third-order valence-electron chi connectivity index (χ3n) is 19.4. The standard InChI is InChI=1S/C75H113N23O23.CH4/c76-74(77)82-25-11-19-47-66(114)84-39-57(100)87-54(37-60(103)104)72(120)93-52(35-45-13-3-1-4-14-45)70(118)91-49(68(116)89-47)17-7-9-23-80-56(99)22-21-51(86-59(102)41-95-27-29-96(42-62(107)108)31-33-98(44-64(111)112)34-32-97(30-28-95)43-63(109)110)65(113)81-24-10-8-18-50-69(117)90-48(20-12-26-83-75(78)79)67(115)85-40-58(101)88-55(38-61(105)106)73(121)94-53(71(119)92-50)36-46-15-5-2-6-16-46;/h1-6,13-16,47-55H,7-12,17-44H2,(H,80,99)(H,81,113)(H,84,114)(H,85,115)(H,86,102)(H,87,100)(H,88,101)(H,89,116)(H,90,117)(H,91,118)(H,92,119)(H,93,120)(H,94,121)(H,103,104)(H,105,106)(H,107,108)(H,109,110)(H,111,112)(H4,76,77,82)(H4,78,79,83);1H4/t47-,48-,49?,50-,51?,52+,53+,54-,55-;/m0./s1. The summed E-state index contributed by atoms with van der Waals surface area (Å²) in [5, 5.41) is 102. The van der Waals surface area contributed by atoms with Gasteiger partial charge in [0.15, 0.2) is 11.9 Å². The summed E-state index contributed by atoms with van der Waals surface area (Å²) in [6.45, 7) is -3.24. The van der Waals surface area contributed by atoms with Gasteiger partial charge in [-0.05, 0) is 81.8 Å². The second-order valence-electron chi connectivity index (χ2n) is 29.2. The van der Waals surface area contributed by atoms with Crippen molar-refractivity contribution in [2.24, 2.45) is 11.5 Å². The van der Waals surface area contributed by atoms with Gasteiger partial charge in [-0.2, -0.15) is 0 Å². The molecule has 3 saturated heterocycles. The largest absolute Gasteiger partial charge is 0.481 e. The molecule has 5 rings (SSSR count). The van der Waals surface area contributed by atoms with Crippen LogP contribution < -0.4 is 91.2 Å². The Bertz CT molecular complexity index is 3890. The molecule has 674 valence electrons. The molecule has 3 aliphatic rings. The van der Waals surface area contributed by atoms with Crippen molar-refractivity contribution in [1.29, 1.82) is 10.8 Å². The number of nitrogens with one attached hydrogen (secondary N) is 17. The van der Waals surface area contributed by atoms with E-state index in [4.69, 9.17) is 22.3 Å². The summed E-state index contributed by atoms with van der Waals surface area (Å²) in [7, 11) is 0. The molecule has 0 aliphatic carbocycles. The maximum Gasteiger partial charge on any atom is 0.317 e. The summed E-state index contributed by atoms with van der Waals surface area (Å²) in [5.41, 5.74) is 11.9. The Labute approximate surface area is 703 Å². The first-order chi connectivity index (χ1) is 57.6. The fraction of sp³-hybridized carbons (Fsp3) is 0.579. The molecular weight excluding hydrogens is 1600 g/mol. The number of guanidine groups is 2. The van der Waals surface area contributed by atoms with Crippen LogP contribution in [-0.4, -0.2) is 336 Å². The van der Waals surface area contributed by atoms with Crippen LogP contribution in [0, 0.1) is 10.8 Å².